The zero-order valence-electron chi connectivity index (χ0n) is 9.53. The van der Waals surface area contributed by atoms with Crippen molar-refractivity contribution in [2.45, 2.75) is 20.3 Å². The molecule has 4 heteroatoms. The summed E-state index contributed by atoms with van der Waals surface area (Å²) in [5.74, 6) is -1.27. The smallest absolute Gasteiger partial charge is 0.374 e. The van der Waals surface area contributed by atoms with Crippen LogP contribution in [0.2, 0.25) is 0 Å². The van der Waals surface area contributed by atoms with E-state index in [1.54, 1.807) is 26.0 Å². The molecule has 0 saturated heterocycles. The third-order valence-corrected chi connectivity index (χ3v) is 2.43. The van der Waals surface area contributed by atoms with E-state index in [9.17, 15) is 14.7 Å². The van der Waals surface area contributed by atoms with Gasteiger partial charge in [0.25, 0.3) is 0 Å². The molecule has 0 aliphatic rings. The molecule has 1 aromatic carbocycles. The Morgan fingerprint density at radius 2 is 1.75 bits per heavy atom. The number of carbonyl (C=O) groups excluding carboxylic acids is 2. The molecule has 1 N–H and O–H groups in total. The first kappa shape index (κ1) is 12.2. The normalized spacial score (nSPS) is 9.94. The standard InChI is InChI=1S/C12H14O4/c1-7-4-9(13)5-8(2)10(7)6-11(14)12(15)16-3/h4-5,13H,6H2,1-3H3. The number of benzene rings is 1. The number of aryl methyl sites for hydroxylation is 2. The van der Waals surface area contributed by atoms with Crippen molar-refractivity contribution >= 4 is 11.8 Å². The minimum atomic E-state index is -0.841. The van der Waals surface area contributed by atoms with Gasteiger partial charge in [0.05, 0.1) is 7.11 Å². The van der Waals surface area contributed by atoms with E-state index in [0.29, 0.717) is 0 Å². The number of phenols is 1. The molecule has 0 unspecified atom stereocenters. The summed E-state index contributed by atoms with van der Waals surface area (Å²) in [7, 11) is 1.18. The Balaban J connectivity index is 2.98. The average Bonchev–Trinajstić information content (AvgIpc) is 2.21. The maximum Gasteiger partial charge on any atom is 0.374 e. The van der Waals surface area contributed by atoms with Crippen molar-refractivity contribution in [2.75, 3.05) is 7.11 Å². The van der Waals surface area contributed by atoms with Crippen LogP contribution < -0.4 is 0 Å². The first-order valence-corrected chi connectivity index (χ1v) is 4.86. The third-order valence-electron chi connectivity index (χ3n) is 2.43. The summed E-state index contributed by atoms with van der Waals surface area (Å²) in [6.45, 7) is 3.57. The molecule has 16 heavy (non-hydrogen) atoms. The topological polar surface area (TPSA) is 63.6 Å². The van der Waals surface area contributed by atoms with E-state index in [0.717, 1.165) is 16.7 Å². The molecule has 0 fully saturated rings. The molecule has 0 atom stereocenters. The monoisotopic (exact) mass is 222 g/mol. The van der Waals surface area contributed by atoms with Crippen molar-refractivity contribution in [1.29, 1.82) is 0 Å². The molecular weight excluding hydrogens is 208 g/mol. The molecule has 0 amide bonds. The molecule has 1 rings (SSSR count). The van der Waals surface area contributed by atoms with Gasteiger partial charge in [0, 0.05) is 6.42 Å². The summed E-state index contributed by atoms with van der Waals surface area (Å²) < 4.78 is 4.35. The number of methoxy groups -OCH3 is 1. The third kappa shape index (κ3) is 2.59. The van der Waals surface area contributed by atoms with Crippen LogP contribution in [0.15, 0.2) is 12.1 Å². The molecule has 0 heterocycles. The van der Waals surface area contributed by atoms with E-state index < -0.39 is 11.8 Å². The zero-order valence-corrected chi connectivity index (χ0v) is 9.53. The van der Waals surface area contributed by atoms with Gasteiger partial charge in [-0.05, 0) is 42.7 Å². The summed E-state index contributed by atoms with van der Waals surface area (Å²) in [5.41, 5.74) is 2.33. The Labute approximate surface area is 93.9 Å². The lowest BCUT2D eigenvalue weighted by atomic mass is 9.98. The van der Waals surface area contributed by atoms with Crippen LogP contribution in [0.1, 0.15) is 16.7 Å². The Bertz CT molecular complexity index is 412. The quantitative estimate of drug-likeness (QED) is 0.618. The van der Waals surface area contributed by atoms with Gasteiger partial charge < -0.3 is 9.84 Å². The van der Waals surface area contributed by atoms with E-state index in [1.165, 1.54) is 7.11 Å². The molecule has 0 aliphatic carbocycles. The van der Waals surface area contributed by atoms with Gasteiger partial charge in [0.15, 0.2) is 0 Å². The van der Waals surface area contributed by atoms with Gasteiger partial charge in [-0.15, -0.1) is 0 Å². The summed E-state index contributed by atoms with van der Waals surface area (Å²) in [6.07, 6.45) is 0.00458. The van der Waals surface area contributed by atoms with Crippen LogP contribution in [0.5, 0.6) is 5.75 Å². The second-order valence-electron chi connectivity index (χ2n) is 3.65. The van der Waals surface area contributed by atoms with Crippen LogP contribution in [-0.4, -0.2) is 24.0 Å². The number of ether oxygens (including phenoxy) is 1. The molecule has 0 aliphatic heterocycles. The number of aromatic hydroxyl groups is 1. The lowest BCUT2D eigenvalue weighted by Gasteiger charge is -2.09. The van der Waals surface area contributed by atoms with Gasteiger partial charge in [-0.25, -0.2) is 4.79 Å². The van der Waals surface area contributed by atoms with Crippen molar-refractivity contribution in [3.8, 4) is 5.75 Å². The van der Waals surface area contributed by atoms with Crippen molar-refractivity contribution in [3.05, 3.63) is 28.8 Å². The van der Waals surface area contributed by atoms with Crippen LogP contribution in [0, 0.1) is 13.8 Å². The van der Waals surface area contributed by atoms with Gasteiger partial charge in [0.1, 0.15) is 5.75 Å². The highest BCUT2D eigenvalue weighted by Gasteiger charge is 2.17. The molecular formula is C12H14O4. The van der Waals surface area contributed by atoms with Gasteiger partial charge in [-0.2, -0.15) is 0 Å². The number of phenolic OH excluding ortho intramolecular Hbond substituents is 1. The van der Waals surface area contributed by atoms with Gasteiger partial charge >= 0.3 is 5.97 Å². The minimum Gasteiger partial charge on any atom is -0.508 e. The summed E-state index contributed by atoms with van der Waals surface area (Å²) >= 11 is 0. The van der Waals surface area contributed by atoms with Crippen LogP contribution in [-0.2, 0) is 20.7 Å². The summed E-state index contributed by atoms with van der Waals surface area (Å²) in [5, 5.41) is 9.33. The first-order valence-electron chi connectivity index (χ1n) is 4.86. The maximum atomic E-state index is 11.4. The minimum absolute atomic E-state index is 0.00458. The SMILES string of the molecule is COC(=O)C(=O)Cc1c(C)cc(O)cc1C. The Hall–Kier alpha value is -1.84. The number of carbonyl (C=O) groups is 2. The van der Waals surface area contributed by atoms with Crippen molar-refractivity contribution in [1.82, 2.24) is 0 Å². The number of hydrogen-bond donors (Lipinski definition) is 1. The molecule has 1 aromatic rings. The fourth-order valence-electron chi connectivity index (χ4n) is 1.60. The van der Waals surface area contributed by atoms with E-state index in [1.807, 2.05) is 0 Å². The molecule has 0 bridgehead atoms. The molecule has 0 aromatic heterocycles. The van der Waals surface area contributed by atoms with E-state index in [4.69, 9.17) is 0 Å². The highest BCUT2D eigenvalue weighted by atomic mass is 16.5. The van der Waals surface area contributed by atoms with Gasteiger partial charge in [-0.3, -0.25) is 4.79 Å². The molecule has 86 valence electrons. The number of ketones is 1. The van der Waals surface area contributed by atoms with Crippen molar-refractivity contribution in [3.63, 3.8) is 0 Å². The number of rotatable bonds is 3. The predicted molar refractivity (Wildman–Crippen MR) is 58.3 cm³/mol. The number of hydrogen-bond acceptors (Lipinski definition) is 4. The predicted octanol–water partition coefficient (Wildman–Crippen LogP) is 1.29. The van der Waals surface area contributed by atoms with Crippen LogP contribution in [0.25, 0.3) is 0 Å². The molecule has 0 spiro atoms. The fraction of sp³-hybridized carbons (Fsp3) is 0.333. The van der Waals surface area contributed by atoms with Gasteiger partial charge in [-0.1, -0.05) is 0 Å². The fourth-order valence-corrected chi connectivity index (χ4v) is 1.60. The highest BCUT2D eigenvalue weighted by Crippen LogP contribution is 2.21. The average molecular weight is 222 g/mol. The maximum absolute atomic E-state index is 11.4. The van der Waals surface area contributed by atoms with E-state index in [2.05, 4.69) is 4.74 Å². The Kier molecular flexibility index (Phi) is 3.66. The van der Waals surface area contributed by atoms with Crippen molar-refractivity contribution < 1.29 is 19.4 Å². The first-order chi connectivity index (χ1) is 7.45. The van der Waals surface area contributed by atoms with Crippen molar-refractivity contribution in [2.24, 2.45) is 0 Å². The van der Waals surface area contributed by atoms with Crippen LogP contribution in [0.3, 0.4) is 0 Å². The van der Waals surface area contributed by atoms with Crippen LogP contribution >= 0.6 is 0 Å². The number of Topliss-reactive ketones (excluding diaryl/α,β-unsaturated/α-hetero) is 1. The lowest BCUT2D eigenvalue weighted by molar-refractivity contribution is -0.151. The van der Waals surface area contributed by atoms with Gasteiger partial charge in [0.2, 0.25) is 5.78 Å². The largest absolute Gasteiger partial charge is 0.508 e. The van der Waals surface area contributed by atoms with E-state index >= 15 is 0 Å². The zero-order chi connectivity index (χ0) is 12.3. The van der Waals surface area contributed by atoms with E-state index in [-0.39, 0.29) is 12.2 Å². The summed E-state index contributed by atoms with van der Waals surface area (Å²) in [6, 6.07) is 3.12. The number of esters is 1. The lowest BCUT2D eigenvalue weighted by Crippen LogP contribution is -2.18. The molecule has 0 saturated carbocycles. The summed E-state index contributed by atoms with van der Waals surface area (Å²) in [4.78, 5) is 22.4. The highest BCUT2D eigenvalue weighted by molar-refractivity contribution is 6.34. The second-order valence-corrected chi connectivity index (χ2v) is 3.65. The second kappa shape index (κ2) is 4.79. The molecule has 0 radical (unpaired) electrons. The Morgan fingerprint density at radius 3 is 2.19 bits per heavy atom. The molecule has 4 nitrogen and oxygen atoms in total. The Morgan fingerprint density at radius 1 is 1.25 bits per heavy atom. The van der Waals surface area contributed by atoms with Crippen LogP contribution in [0.4, 0.5) is 0 Å².